The van der Waals surface area contributed by atoms with Gasteiger partial charge in [-0.3, -0.25) is 4.79 Å². The van der Waals surface area contributed by atoms with Crippen LogP contribution in [-0.2, 0) is 4.79 Å². The number of imidazole rings is 1. The molecule has 5 nitrogen and oxygen atoms in total. The maximum Gasteiger partial charge on any atom is 0.237 e. The first-order valence-electron chi connectivity index (χ1n) is 5.70. The second kappa shape index (κ2) is 6.27. The number of unbranched alkanes of at least 4 members (excludes halogenated alkanes) is 1. The van der Waals surface area contributed by atoms with E-state index < -0.39 is 6.04 Å². The highest BCUT2D eigenvalue weighted by Crippen LogP contribution is 2.06. The smallest absolute Gasteiger partial charge is 0.237 e. The number of carbonyl (C=O) groups is 1. The topological polar surface area (TPSA) is 83.8 Å². The van der Waals surface area contributed by atoms with Crippen LogP contribution in [0.5, 0.6) is 0 Å². The average Bonchev–Trinajstić information content (AvgIpc) is 2.79. The Balaban J connectivity index is 2.39. The third kappa shape index (κ3) is 3.66. The second-order valence-corrected chi connectivity index (χ2v) is 3.95. The minimum atomic E-state index is -0.419. The first-order chi connectivity index (χ1) is 7.65. The van der Waals surface area contributed by atoms with Gasteiger partial charge in [-0.2, -0.15) is 0 Å². The van der Waals surface area contributed by atoms with E-state index in [9.17, 15) is 4.79 Å². The van der Waals surface area contributed by atoms with Crippen molar-refractivity contribution in [2.45, 2.75) is 45.2 Å². The summed E-state index contributed by atoms with van der Waals surface area (Å²) >= 11 is 0. The van der Waals surface area contributed by atoms with Crippen LogP contribution in [0.3, 0.4) is 0 Å². The van der Waals surface area contributed by atoms with Crippen molar-refractivity contribution in [3.63, 3.8) is 0 Å². The van der Waals surface area contributed by atoms with E-state index in [0.29, 0.717) is 0 Å². The number of carbonyl (C=O) groups excluding carboxylic acids is 1. The van der Waals surface area contributed by atoms with Crippen molar-refractivity contribution in [1.82, 2.24) is 15.3 Å². The molecule has 0 aliphatic carbocycles. The van der Waals surface area contributed by atoms with Gasteiger partial charge in [0.1, 0.15) is 5.82 Å². The number of amides is 1. The molecule has 1 rings (SSSR count). The first-order valence-corrected chi connectivity index (χ1v) is 5.70. The summed E-state index contributed by atoms with van der Waals surface area (Å²) in [5.41, 5.74) is 5.76. The van der Waals surface area contributed by atoms with Gasteiger partial charge in [-0.1, -0.05) is 19.8 Å². The third-order valence-electron chi connectivity index (χ3n) is 2.49. The molecule has 5 heteroatoms. The van der Waals surface area contributed by atoms with Crippen LogP contribution in [0.25, 0.3) is 0 Å². The highest BCUT2D eigenvalue weighted by molar-refractivity contribution is 5.81. The highest BCUT2D eigenvalue weighted by atomic mass is 16.2. The van der Waals surface area contributed by atoms with Gasteiger partial charge >= 0.3 is 0 Å². The Morgan fingerprint density at radius 2 is 2.44 bits per heavy atom. The predicted octanol–water partition coefficient (Wildman–Crippen LogP) is 1.10. The van der Waals surface area contributed by atoms with Gasteiger partial charge in [-0.05, 0) is 13.3 Å². The number of aromatic nitrogens is 2. The Kier molecular flexibility index (Phi) is 4.98. The molecule has 0 saturated carbocycles. The van der Waals surface area contributed by atoms with E-state index in [1.165, 1.54) is 0 Å². The summed E-state index contributed by atoms with van der Waals surface area (Å²) < 4.78 is 0. The molecule has 1 aromatic heterocycles. The number of hydrogen-bond acceptors (Lipinski definition) is 3. The van der Waals surface area contributed by atoms with Crippen molar-refractivity contribution >= 4 is 5.91 Å². The van der Waals surface area contributed by atoms with Gasteiger partial charge in [-0.15, -0.1) is 0 Å². The van der Waals surface area contributed by atoms with E-state index in [1.54, 1.807) is 12.4 Å². The van der Waals surface area contributed by atoms with Crippen molar-refractivity contribution in [1.29, 1.82) is 0 Å². The van der Waals surface area contributed by atoms with Gasteiger partial charge < -0.3 is 16.0 Å². The lowest BCUT2D eigenvalue weighted by Gasteiger charge is -2.15. The van der Waals surface area contributed by atoms with Crippen LogP contribution in [0.15, 0.2) is 12.4 Å². The summed E-state index contributed by atoms with van der Waals surface area (Å²) in [6.07, 6.45) is 6.15. The van der Waals surface area contributed by atoms with E-state index >= 15 is 0 Å². The van der Waals surface area contributed by atoms with Crippen LogP contribution < -0.4 is 11.1 Å². The van der Waals surface area contributed by atoms with Crippen molar-refractivity contribution in [3.05, 3.63) is 18.2 Å². The SMILES string of the molecule is CCCC[C@H](N)C(=O)NC(C)c1ncc[nH]1. The van der Waals surface area contributed by atoms with Crippen molar-refractivity contribution in [3.8, 4) is 0 Å². The molecule has 0 aromatic carbocycles. The summed E-state index contributed by atoms with van der Waals surface area (Å²) in [5.74, 6) is 0.633. The first kappa shape index (κ1) is 12.7. The standard InChI is InChI=1S/C11H20N4O/c1-3-4-5-9(12)11(16)15-8(2)10-13-6-7-14-10/h6-9H,3-5,12H2,1-2H3,(H,13,14)(H,15,16)/t8?,9-/m0/s1. The monoisotopic (exact) mass is 224 g/mol. The normalized spacial score (nSPS) is 14.4. The summed E-state index contributed by atoms with van der Waals surface area (Å²) in [6, 6.07) is -0.549. The van der Waals surface area contributed by atoms with Gasteiger partial charge in [-0.25, -0.2) is 4.98 Å². The quantitative estimate of drug-likeness (QED) is 0.676. The number of nitrogens with one attached hydrogen (secondary N) is 2. The van der Waals surface area contributed by atoms with Crippen LogP contribution in [-0.4, -0.2) is 21.9 Å². The Bertz CT molecular complexity index is 310. The van der Waals surface area contributed by atoms with Crippen LogP contribution >= 0.6 is 0 Å². The molecule has 1 unspecified atom stereocenters. The Hall–Kier alpha value is -1.36. The van der Waals surface area contributed by atoms with Crippen LogP contribution in [0.4, 0.5) is 0 Å². The molecule has 4 N–H and O–H groups in total. The summed E-state index contributed by atoms with van der Waals surface area (Å²) in [7, 11) is 0. The molecule has 90 valence electrons. The number of hydrogen-bond donors (Lipinski definition) is 3. The molecular weight excluding hydrogens is 204 g/mol. The van der Waals surface area contributed by atoms with Gasteiger partial charge in [0.25, 0.3) is 0 Å². The maximum atomic E-state index is 11.7. The number of aromatic amines is 1. The molecule has 1 aromatic rings. The fraction of sp³-hybridized carbons (Fsp3) is 0.636. The summed E-state index contributed by atoms with van der Waals surface area (Å²) in [6.45, 7) is 3.96. The predicted molar refractivity (Wildman–Crippen MR) is 62.6 cm³/mol. The lowest BCUT2D eigenvalue weighted by molar-refractivity contribution is -0.123. The molecule has 0 aliphatic heterocycles. The van der Waals surface area contributed by atoms with Crippen molar-refractivity contribution in [2.75, 3.05) is 0 Å². The molecule has 2 atom stereocenters. The average molecular weight is 224 g/mol. The minimum absolute atomic E-state index is 0.114. The molecule has 0 aliphatic rings. The zero-order valence-corrected chi connectivity index (χ0v) is 9.86. The molecule has 0 saturated heterocycles. The van der Waals surface area contributed by atoms with E-state index in [0.717, 1.165) is 25.1 Å². The fourth-order valence-electron chi connectivity index (χ4n) is 1.46. The molecule has 0 radical (unpaired) electrons. The number of nitrogens with zero attached hydrogens (tertiary/aromatic N) is 1. The number of H-pyrrole nitrogens is 1. The molecule has 0 bridgehead atoms. The summed E-state index contributed by atoms with van der Waals surface area (Å²) in [5, 5.41) is 2.83. The third-order valence-corrected chi connectivity index (χ3v) is 2.49. The Labute approximate surface area is 95.8 Å². The van der Waals surface area contributed by atoms with E-state index in [-0.39, 0.29) is 11.9 Å². The summed E-state index contributed by atoms with van der Waals surface area (Å²) in [4.78, 5) is 18.7. The van der Waals surface area contributed by atoms with Gasteiger partial charge in [0, 0.05) is 12.4 Å². The van der Waals surface area contributed by atoms with Crippen LogP contribution in [0, 0.1) is 0 Å². The van der Waals surface area contributed by atoms with E-state index in [1.807, 2.05) is 6.92 Å². The molecule has 1 amide bonds. The lowest BCUT2D eigenvalue weighted by Crippen LogP contribution is -2.41. The molecule has 0 fully saturated rings. The lowest BCUT2D eigenvalue weighted by atomic mass is 10.1. The largest absolute Gasteiger partial charge is 0.347 e. The van der Waals surface area contributed by atoms with E-state index in [2.05, 4.69) is 22.2 Å². The van der Waals surface area contributed by atoms with Crippen molar-refractivity contribution < 1.29 is 4.79 Å². The number of nitrogens with two attached hydrogens (primary N) is 1. The molecule has 0 spiro atoms. The number of rotatable bonds is 6. The fourth-order valence-corrected chi connectivity index (χ4v) is 1.46. The second-order valence-electron chi connectivity index (χ2n) is 3.95. The zero-order chi connectivity index (χ0) is 12.0. The molecule has 16 heavy (non-hydrogen) atoms. The van der Waals surface area contributed by atoms with Gasteiger partial charge in [0.05, 0.1) is 12.1 Å². The van der Waals surface area contributed by atoms with E-state index in [4.69, 9.17) is 5.73 Å². The van der Waals surface area contributed by atoms with Gasteiger partial charge in [0.2, 0.25) is 5.91 Å². The Morgan fingerprint density at radius 3 is 3.00 bits per heavy atom. The molecular formula is C11H20N4O. The van der Waals surface area contributed by atoms with Gasteiger partial charge in [0.15, 0.2) is 0 Å². The molecule has 1 heterocycles. The van der Waals surface area contributed by atoms with Crippen LogP contribution in [0.1, 0.15) is 45.0 Å². The van der Waals surface area contributed by atoms with Crippen molar-refractivity contribution in [2.24, 2.45) is 5.73 Å². The maximum absolute atomic E-state index is 11.7. The highest BCUT2D eigenvalue weighted by Gasteiger charge is 2.16. The van der Waals surface area contributed by atoms with Crippen LogP contribution in [0.2, 0.25) is 0 Å². The Morgan fingerprint density at radius 1 is 1.69 bits per heavy atom. The minimum Gasteiger partial charge on any atom is -0.347 e. The zero-order valence-electron chi connectivity index (χ0n) is 9.86.